The highest BCUT2D eigenvalue weighted by atomic mass is 16.8. The number of rotatable bonds is 14. The van der Waals surface area contributed by atoms with Gasteiger partial charge in [0.15, 0.2) is 11.9 Å². The van der Waals surface area contributed by atoms with Crippen LogP contribution in [0, 0.1) is 92.7 Å². The molecule has 7 fully saturated rings. The van der Waals surface area contributed by atoms with Crippen molar-refractivity contribution in [1.29, 1.82) is 0 Å². The highest BCUT2D eigenvalue weighted by Gasteiger charge is 2.64. The molecule has 0 aromatic rings. The van der Waals surface area contributed by atoms with Crippen LogP contribution in [0.3, 0.4) is 0 Å². The first kappa shape index (κ1) is 57.0. The number of fused-ring (bicyclic) bond motifs is 10. The van der Waals surface area contributed by atoms with Gasteiger partial charge in [-0.2, -0.15) is 0 Å². The van der Waals surface area contributed by atoms with Crippen LogP contribution in [0.4, 0.5) is 0 Å². The zero-order valence-corrected chi connectivity index (χ0v) is 48.5. The molecular weight excluding hydrogens is 913 g/mol. The molecule has 8 aliphatic carbocycles. The predicted molar refractivity (Wildman–Crippen MR) is 289 cm³/mol. The summed E-state index contributed by atoms with van der Waals surface area (Å²) in [7, 11) is 0. The third kappa shape index (κ3) is 11.5. The number of esters is 3. The lowest BCUT2D eigenvalue weighted by Gasteiger charge is -2.59. The average molecular weight is 1020 g/mol. The maximum atomic E-state index is 12.9. The fraction of sp³-hybridized carbons (Fsp3) is 0.891. The van der Waals surface area contributed by atoms with E-state index in [0.29, 0.717) is 52.8 Å². The van der Waals surface area contributed by atoms with Crippen molar-refractivity contribution in [3.8, 4) is 0 Å². The summed E-state index contributed by atoms with van der Waals surface area (Å²) in [4.78, 5) is 37.4. The fourth-order valence-corrected chi connectivity index (χ4v) is 19.0. The number of hydrogen-bond acceptors (Lipinski definition) is 9. The normalized spacial score (nSPS) is 43.1. The molecule has 414 valence electrons. The van der Waals surface area contributed by atoms with E-state index in [0.717, 1.165) is 67.6 Å². The van der Waals surface area contributed by atoms with Crippen LogP contribution in [0.1, 0.15) is 225 Å². The number of aliphatic hydroxyl groups excluding tert-OH is 1. The van der Waals surface area contributed by atoms with Crippen molar-refractivity contribution >= 4 is 17.9 Å². The zero-order chi connectivity index (χ0) is 53.0. The van der Waals surface area contributed by atoms with Crippen LogP contribution < -0.4 is 0 Å². The Bertz CT molecular complexity index is 2020. The summed E-state index contributed by atoms with van der Waals surface area (Å²) in [6, 6.07) is 0. The van der Waals surface area contributed by atoms with Gasteiger partial charge in [-0.1, -0.05) is 119 Å². The highest BCUT2D eigenvalue weighted by Crippen LogP contribution is 2.69. The summed E-state index contributed by atoms with van der Waals surface area (Å²) in [6.45, 7) is 31.4. The largest absolute Gasteiger partial charge is 0.460 e. The Labute approximate surface area is 443 Å². The van der Waals surface area contributed by atoms with Gasteiger partial charge < -0.3 is 28.8 Å². The summed E-state index contributed by atoms with van der Waals surface area (Å²) in [5.41, 5.74) is 3.58. The van der Waals surface area contributed by atoms with Crippen LogP contribution in [0.5, 0.6) is 0 Å². The lowest BCUT2D eigenvalue weighted by molar-refractivity contribution is -0.176. The highest BCUT2D eigenvalue weighted by molar-refractivity contribution is 5.75. The van der Waals surface area contributed by atoms with E-state index in [2.05, 4.69) is 81.4 Å². The van der Waals surface area contributed by atoms with Gasteiger partial charge in [-0.15, -0.1) is 0 Å². The van der Waals surface area contributed by atoms with Crippen molar-refractivity contribution in [2.75, 3.05) is 6.61 Å². The second kappa shape index (κ2) is 22.3. The number of carbonyl (C=O) groups is 3. The van der Waals surface area contributed by atoms with Gasteiger partial charge in [0, 0.05) is 32.1 Å². The number of ether oxygens (including phenoxy) is 5. The summed E-state index contributed by atoms with van der Waals surface area (Å²) >= 11 is 0. The fourth-order valence-electron chi connectivity index (χ4n) is 19.0. The monoisotopic (exact) mass is 1020 g/mol. The van der Waals surface area contributed by atoms with Crippen LogP contribution in [0.2, 0.25) is 0 Å². The van der Waals surface area contributed by atoms with Crippen LogP contribution in [-0.2, 0) is 38.1 Å². The van der Waals surface area contributed by atoms with Gasteiger partial charge in [-0.3, -0.25) is 9.59 Å². The van der Waals surface area contributed by atoms with Gasteiger partial charge in [-0.25, -0.2) is 4.79 Å². The first-order chi connectivity index (χ1) is 34.3. The topological polar surface area (TPSA) is 118 Å². The Morgan fingerprint density at radius 2 is 1.05 bits per heavy atom. The molecule has 1 saturated heterocycles. The summed E-state index contributed by atoms with van der Waals surface area (Å²) in [5.74, 6) is 6.29. The molecule has 73 heavy (non-hydrogen) atoms. The van der Waals surface area contributed by atoms with Crippen molar-refractivity contribution < 1.29 is 43.2 Å². The third-order valence-electron chi connectivity index (χ3n) is 22.7. The molecule has 1 N–H and O–H groups in total. The van der Waals surface area contributed by atoms with E-state index in [1.165, 1.54) is 101 Å². The van der Waals surface area contributed by atoms with Gasteiger partial charge in [0.1, 0.15) is 18.3 Å². The Hall–Kier alpha value is -2.23. The smallest absolute Gasteiger partial charge is 0.338 e. The third-order valence-corrected chi connectivity index (χ3v) is 22.7. The molecule has 9 nitrogen and oxygen atoms in total. The second-order valence-corrected chi connectivity index (χ2v) is 28.5. The van der Waals surface area contributed by atoms with Gasteiger partial charge in [-0.05, 0) is 190 Å². The zero-order valence-electron chi connectivity index (χ0n) is 48.5. The van der Waals surface area contributed by atoms with Crippen molar-refractivity contribution in [2.24, 2.45) is 92.7 Å². The maximum absolute atomic E-state index is 12.9. The lowest BCUT2D eigenvalue weighted by Crippen LogP contribution is -2.55. The van der Waals surface area contributed by atoms with Crippen LogP contribution in [-0.4, -0.2) is 65.9 Å². The van der Waals surface area contributed by atoms with Crippen LogP contribution in [0.25, 0.3) is 0 Å². The molecule has 9 heteroatoms. The molecule has 0 bridgehead atoms. The molecule has 0 spiro atoms. The minimum absolute atomic E-state index is 0.0570. The minimum Gasteiger partial charge on any atom is -0.460 e. The van der Waals surface area contributed by atoms with E-state index in [4.69, 9.17) is 23.7 Å². The molecule has 6 saturated carbocycles. The molecule has 9 rings (SSSR count). The molecule has 0 aromatic heterocycles. The molecule has 19 atom stereocenters. The first-order valence-electron chi connectivity index (χ1n) is 30.3. The van der Waals surface area contributed by atoms with Gasteiger partial charge in [0.2, 0.25) is 0 Å². The number of hydrogen-bond donors (Lipinski definition) is 1. The first-order valence-corrected chi connectivity index (χ1v) is 30.3. The predicted octanol–water partition coefficient (Wildman–Crippen LogP) is 14.6. The SMILES string of the molecule is CC(=O)OC1C=C2CC(O)CCC2(C)C2CCC3(C)C(C(C)CCCC(C)C)CCC3C12.CC(=O)OC1C=C2CC(OC(=O)C3COC(C)(C)O3)CCC2(C)C2CCC3(C)C(C(C)CCCC(C)C)CCC3C12. The molecule has 0 amide bonds. The number of aliphatic hydroxyl groups is 1. The van der Waals surface area contributed by atoms with Crippen LogP contribution in [0.15, 0.2) is 23.3 Å². The Morgan fingerprint density at radius 1 is 0.589 bits per heavy atom. The van der Waals surface area contributed by atoms with E-state index in [1.807, 2.05) is 13.8 Å². The Kier molecular flexibility index (Phi) is 17.4. The van der Waals surface area contributed by atoms with Gasteiger partial charge >= 0.3 is 17.9 Å². The lowest BCUT2D eigenvalue weighted by atomic mass is 9.46. The standard InChI is InChI=1S/C35H56O6.C29H48O3/c1-21(2)10-9-11-22(3)26-12-13-27-31-28(15-17-35(26,27)8)34(7)16-14-25(18-24(34)19-29(31)39-23(4)36)40-32(37)30-20-38-33(5,6)41-30;1-18(2)8-7-9-19(3)23-10-11-24-27-25(13-15-29(23,24)6)28(5)14-12-22(31)16-21(28)17-26(27)32-20(4)30/h19,21-22,25-31H,9-18,20H2,1-8H3;17-19,22-27,31H,7-16H2,1-6H3. The molecule has 1 heterocycles. The quantitative estimate of drug-likeness (QED) is 0.103. The van der Waals surface area contributed by atoms with Gasteiger partial charge in [0.05, 0.1) is 12.7 Å². The molecule has 1 aliphatic heterocycles. The molecule has 19 unspecified atom stereocenters. The Balaban J connectivity index is 0.000000201. The summed E-state index contributed by atoms with van der Waals surface area (Å²) < 4.78 is 29.5. The number of carbonyl (C=O) groups excluding carboxylic acids is 3. The van der Waals surface area contributed by atoms with Crippen molar-refractivity contribution in [3.63, 3.8) is 0 Å². The van der Waals surface area contributed by atoms with E-state index >= 15 is 0 Å². The second-order valence-electron chi connectivity index (χ2n) is 28.5. The maximum Gasteiger partial charge on any atom is 0.338 e. The molecule has 0 radical (unpaired) electrons. The van der Waals surface area contributed by atoms with E-state index in [9.17, 15) is 19.5 Å². The van der Waals surface area contributed by atoms with E-state index in [-0.39, 0.29) is 59.8 Å². The van der Waals surface area contributed by atoms with Crippen molar-refractivity contribution in [1.82, 2.24) is 0 Å². The average Bonchev–Trinajstić information content (AvgIpc) is 3.98. The van der Waals surface area contributed by atoms with Crippen LogP contribution >= 0.6 is 0 Å². The van der Waals surface area contributed by atoms with E-state index < -0.39 is 11.9 Å². The molecular formula is C64H104O9. The molecule has 9 aliphatic rings. The minimum atomic E-state index is -0.756. The van der Waals surface area contributed by atoms with Crippen molar-refractivity contribution in [2.45, 2.75) is 262 Å². The van der Waals surface area contributed by atoms with Crippen molar-refractivity contribution in [3.05, 3.63) is 23.3 Å². The summed E-state index contributed by atoms with van der Waals surface area (Å²) in [6.07, 6.45) is 26.7. The Morgan fingerprint density at radius 3 is 1.49 bits per heavy atom. The molecule has 0 aromatic carbocycles. The van der Waals surface area contributed by atoms with E-state index in [1.54, 1.807) is 13.8 Å². The van der Waals surface area contributed by atoms with Gasteiger partial charge in [0.25, 0.3) is 0 Å². The summed E-state index contributed by atoms with van der Waals surface area (Å²) in [5, 5.41) is 10.4.